The standard InChI is InChI=1S/C7H12NO2/c9-7(10)6-8-4-2-1-3-5-8/h1H,2-6H2,(H,9,10). The summed E-state index contributed by atoms with van der Waals surface area (Å²) in [5.41, 5.74) is 0. The van der Waals surface area contributed by atoms with Gasteiger partial charge in [0.2, 0.25) is 0 Å². The molecular formula is C7H12NO2. The van der Waals surface area contributed by atoms with E-state index >= 15 is 0 Å². The molecular weight excluding hydrogens is 130 g/mol. The number of nitrogens with zero attached hydrogens (tertiary/aromatic N) is 1. The highest BCUT2D eigenvalue weighted by Crippen LogP contribution is 2.06. The Morgan fingerprint density at radius 3 is 2.60 bits per heavy atom. The lowest BCUT2D eigenvalue weighted by atomic mass is 10.1. The molecule has 0 aromatic rings. The second kappa shape index (κ2) is 3.56. The number of rotatable bonds is 2. The van der Waals surface area contributed by atoms with Crippen LogP contribution in [-0.4, -0.2) is 35.6 Å². The molecule has 1 N–H and O–H groups in total. The highest BCUT2D eigenvalue weighted by molar-refractivity contribution is 5.69. The summed E-state index contributed by atoms with van der Waals surface area (Å²) in [5.74, 6) is -0.720. The van der Waals surface area contributed by atoms with E-state index in [1.165, 1.54) is 0 Å². The number of likely N-dealkylation sites (tertiary alicyclic amines) is 1. The molecule has 0 aromatic carbocycles. The minimum Gasteiger partial charge on any atom is -0.480 e. The Morgan fingerprint density at radius 1 is 1.50 bits per heavy atom. The van der Waals surface area contributed by atoms with Crippen LogP contribution in [0.2, 0.25) is 0 Å². The van der Waals surface area contributed by atoms with Crippen molar-refractivity contribution < 1.29 is 9.90 Å². The molecule has 1 aliphatic rings. The van der Waals surface area contributed by atoms with E-state index in [-0.39, 0.29) is 6.54 Å². The van der Waals surface area contributed by atoms with Gasteiger partial charge in [-0.05, 0) is 32.4 Å². The molecule has 0 saturated carbocycles. The monoisotopic (exact) mass is 142 g/mol. The van der Waals surface area contributed by atoms with Gasteiger partial charge in [0.05, 0.1) is 6.54 Å². The van der Waals surface area contributed by atoms with Crippen molar-refractivity contribution in [3.05, 3.63) is 6.42 Å². The largest absolute Gasteiger partial charge is 0.480 e. The Kier molecular flexibility index (Phi) is 2.68. The van der Waals surface area contributed by atoms with Crippen LogP contribution in [0.3, 0.4) is 0 Å². The number of aliphatic carboxylic acids is 1. The zero-order valence-corrected chi connectivity index (χ0v) is 5.92. The van der Waals surface area contributed by atoms with Gasteiger partial charge in [-0.15, -0.1) is 0 Å². The van der Waals surface area contributed by atoms with Crippen LogP contribution in [0.1, 0.15) is 12.8 Å². The van der Waals surface area contributed by atoms with Crippen molar-refractivity contribution in [1.29, 1.82) is 0 Å². The maximum atomic E-state index is 10.2. The summed E-state index contributed by atoms with van der Waals surface area (Å²) in [7, 11) is 0. The predicted octanol–water partition coefficient (Wildman–Crippen LogP) is 0.371. The average molecular weight is 142 g/mol. The normalized spacial score (nSPS) is 20.8. The van der Waals surface area contributed by atoms with Crippen molar-refractivity contribution in [2.75, 3.05) is 19.6 Å². The lowest BCUT2D eigenvalue weighted by molar-refractivity contribution is -0.138. The van der Waals surface area contributed by atoms with Crippen LogP contribution in [-0.2, 0) is 4.79 Å². The number of carboxylic acids is 1. The second-order valence-electron chi connectivity index (χ2n) is 2.54. The van der Waals surface area contributed by atoms with Gasteiger partial charge in [0, 0.05) is 0 Å². The van der Waals surface area contributed by atoms with Gasteiger partial charge in [-0.1, -0.05) is 0 Å². The molecule has 1 rings (SSSR count). The van der Waals surface area contributed by atoms with E-state index in [0.29, 0.717) is 0 Å². The summed E-state index contributed by atoms with van der Waals surface area (Å²) in [5, 5.41) is 8.41. The number of carbonyl (C=O) groups is 1. The van der Waals surface area contributed by atoms with Crippen molar-refractivity contribution >= 4 is 5.97 Å². The zero-order chi connectivity index (χ0) is 7.40. The van der Waals surface area contributed by atoms with Crippen LogP contribution >= 0.6 is 0 Å². The van der Waals surface area contributed by atoms with Crippen LogP contribution < -0.4 is 0 Å². The van der Waals surface area contributed by atoms with Crippen molar-refractivity contribution in [2.45, 2.75) is 12.8 Å². The maximum absolute atomic E-state index is 10.2. The molecule has 0 spiro atoms. The Morgan fingerprint density at radius 2 is 2.10 bits per heavy atom. The molecule has 1 heterocycles. The van der Waals surface area contributed by atoms with Crippen molar-refractivity contribution in [1.82, 2.24) is 4.90 Å². The minimum atomic E-state index is -0.720. The zero-order valence-electron chi connectivity index (χ0n) is 5.92. The molecule has 1 aliphatic heterocycles. The minimum absolute atomic E-state index is 0.202. The van der Waals surface area contributed by atoms with Gasteiger partial charge in [-0.25, -0.2) is 0 Å². The summed E-state index contributed by atoms with van der Waals surface area (Å²) in [4.78, 5) is 12.2. The van der Waals surface area contributed by atoms with Gasteiger partial charge in [0.15, 0.2) is 0 Å². The highest BCUT2D eigenvalue weighted by Gasteiger charge is 2.12. The molecule has 3 nitrogen and oxygen atoms in total. The van der Waals surface area contributed by atoms with E-state index in [0.717, 1.165) is 25.9 Å². The van der Waals surface area contributed by atoms with Crippen LogP contribution in [0.5, 0.6) is 0 Å². The van der Waals surface area contributed by atoms with Crippen molar-refractivity contribution in [3.8, 4) is 0 Å². The summed E-state index contributed by atoms with van der Waals surface area (Å²) >= 11 is 0. The first-order chi connectivity index (χ1) is 4.79. The first-order valence-corrected chi connectivity index (χ1v) is 3.55. The van der Waals surface area contributed by atoms with Gasteiger partial charge in [-0.3, -0.25) is 9.69 Å². The fourth-order valence-electron chi connectivity index (χ4n) is 1.15. The highest BCUT2D eigenvalue weighted by atomic mass is 16.4. The molecule has 1 fully saturated rings. The van der Waals surface area contributed by atoms with Gasteiger partial charge in [-0.2, -0.15) is 0 Å². The molecule has 0 amide bonds. The lowest BCUT2D eigenvalue weighted by Crippen LogP contribution is -2.34. The molecule has 0 bridgehead atoms. The molecule has 1 radical (unpaired) electrons. The number of carboxylic acid groups (broad SMARTS) is 1. The molecule has 57 valence electrons. The Labute approximate surface area is 60.6 Å². The molecule has 0 atom stereocenters. The third-order valence-corrected chi connectivity index (χ3v) is 1.66. The van der Waals surface area contributed by atoms with Crippen LogP contribution in [0, 0.1) is 6.42 Å². The summed E-state index contributed by atoms with van der Waals surface area (Å²) in [6.45, 7) is 2.02. The summed E-state index contributed by atoms with van der Waals surface area (Å²) < 4.78 is 0. The van der Waals surface area contributed by atoms with E-state index in [9.17, 15) is 4.79 Å². The van der Waals surface area contributed by atoms with Gasteiger partial charge >= 0.3 is 5.97 Å². The van der Waals surface area contributed by atoms with Crippen LogP contribution in [0.25, 0.3) is 0 Å². The molecule has 0 aliphatic carbocycles. The Balaban J connectivity index is 2.19. The summed E-state index contributed by atoms with van der Waals surface area (Å²) in [6.07, 6.45) is 4.28. The molecule has 1 saturated heterocycles. The smallest absolute Gasteiger partial charge is 0.317 e. The van der Waals surface area contributed by atoms with E-state index in [1.807, 2.05) is 4.90 Å². The molecule has 3 heteroatoms. The maximum Gasteiger partial charge on any atom is 0.317 e. The lowest BCUT2D eigenvalue weighted by Gasteiger charge is -2.23. The third-order valence-electron chi connectivity index (χ3n) is 1.66. The Hall–Kier alpha value is -0.570. The van der Waals surface area contributed by atoms with Crippen molar-refractivity contribution in [3.63, 3.8) is 0 Å². The van der Waals surface area contributed by atoms with E-state index in [1.54, 1.807) is 0 Å². The Bertz CT molecular complexity index is 119. The van der Waals surface area contributed by atoms with E-state index < -0.39 is 5.97 Å². The molecule has 0 aromatic heterocycles. The van der Waals surface area contributed by atoms with Crippen molar-refractivity contribution in [2.24, 2.45) is 0 Å². The third kappa shape index (κ3) is 2.35. The van der Waals surface area contributed by atoms with Crippen LogP contribution in [0.4, 0.5) is 0 Å². The summed E-state index contributed by atoms with van der Waals surface area (Å²) in [6, 6.07) is 0. The SMILES string of the molecule is O=C(O)CN1CC[CH]CC1. The first kappa shape index (κ1) is 7.54. The fraction of sp³-hybridized carbons (Fsp3) is 0.714. The fourth-order valence-corrected chi connectivity index (χ4v) is 1.15. The number of hydrogen-bond acceptors (Lipinski definition) is 2. The van der Waals surface area contributed by atoms with Crippen LogP contribution in [0.15, 0.2) is 0 Å². The molecule has 0 unspecified atom stereocenters. The number of piperidine rings is 1. The second-order valence-corrected chi connectivity index (χ2v) is 2.54. The predicted molar refractivity (Wildman–Crippen MR) is 37.6 cm³/mol. The van der Waals surface area contributed by atoms with Gasteiger partial charge in [0.25, 0.3) is 0 Å². The van der Waals surface area contributed by atoms with Gasteiger partial charge < -0.3 is 5.11 Å². The van der Waals surface area contributed by atoms with Gasteiger partial charge in [0.1, 0.15) is 0 Å². The number of hydrogen-bond donors (Lipinski definition) is 1. The quantitative estimate of drug-likeness (QED) is 0.605. The first-order valence-electron chi connectivity index (χ1n) is 3.55. The topological polar surface area (TPSA) is 40.5 Å². The average Bonchev–Trinajstić information content (AvgIpc) is 1.88. The molecule has 10 heavy (non-hydrogen) atoms. The van der Waals surface area contributed by atoms with E-state index in [4.69, 9.17) is 5.11 Å². The van der Waals surface area contributed by atoms with E-state index in [2.05, 4.69) is 6.42 Å².